The van der Waals surface area contributed by atoms with Crippen LogP contribution in [0.15, 0.2) is 102 Å². The van der Waals surface area contributed by atoms with E-state index in [2.05, 4.69) is 18.2 Å². The molecule has 0 spiro atoms. The third kappa shape index (κ3) is 6.08. The SMILES string of the molecule is Cc1ccc(COc2ccc(C3C(C#N)=C(N)Oc4cc(OC(=O)COc5cccc(C)c5)ccc43)cc2)cc1. The van der Waals surface area contributed by atoms with Crippen LogP contribution in [0.5, 0.6) is 23.0 Å². The van der Waals surface area contributed by atoms with Crippen molar-refractivity contribution in [3.05, 3.63) is 130 Å². The van der Waals surface area contributed by atoms with Crippen LogP contribution in [0.3, 0.4) is 0 Å². The highest BCUT2D eigenvalue weighted by Crippen LogP contribution is 2.43. The molecule has 0 aliphatic carbocycles. The Bertz CT molecular complexity index is 1600. The van der Waals surface area contributed by atoms with Gasteiger partial charge in [-0.05, 0) is 60.9 Å². The summed E-state index contributed by atoms with van der Waals surface area (Å²) in [7, 11) is 0. The van der Waals surface area contributed by atoms with Crippen molar-refractivity contribution in [2.24, 2.45) is 5.73 Å². The lowest BCUT2D eigenvalue weighted by Crippen LogP contribution is -2.21. The van der Waals surface area contributed by atoms with E-state index in [0.717, 1.165) is 22.3 Å². The highest BCUT2D eigenvalue weighted by Gasteiger charge is 2.31. The van der Waals surface area contributed by atoms with Crippen LogP contribution >= 0.6 is 0 Å². The van der Waals surface area contributed by atoms with Crippen molar-refractivity contribution >= 4 is 5.97 Å². The van der Waals surface area contributed by atoms with Crippen LogP contribution in [0.4, 0.5) is 0 Å². The van der Waals surface area contributed by atoms with Gasteiger partial charge in [0, 0.05) is 11.6 Å². The Balaban J connectivity index is 1.30. The zero-order valence-electron chi connectivity index (χ0n) is 22.2. The van der Waals surface area contributed by atoms with Gasteiger partial charge in [-0.3, -0.25) is 0 Å². The van der Waals surface area contributed by atoms with Crippen LogP contribution in [-0.4, -0.2) is 12.6 Å². The first-order chi connectivity index (χ1) is 19.4. The summed E-state index contributed by atoms with van der Waals surface area (Å²) >= 11 is 0. The third-order valence-electron chi connectivity index (χ3n) is 6.51. The summed E-state index contributed by atoms with van der Waals surface area (Å²) in [6.45, 7) is 4.19. The number of nitrogens with two attached hydrogens (primary N) is 1. The van der Waals surface area contributed by atoms with E-state index >= 15 is 0 Å². The highest BCUT2D eigenvalue weighted by molar-refractivity contribution is 5.74. The van der Waals surface area contributed by atoms with Crippen LogP contribution in [0.2, 0.25) is 0 Å². The first-order valence-electron chi connectivity index (χ1n) is 12.8. The van der Waals surface area contributed by atoms with E-state index in [-0.39, 0.29) is 18.2 Å². The molecule has 0 fully saturated rings. The maximum atomic E-state index is 12.4. The molecule has 2 N–H and O–H groups in total. The molecule has 4 aromatic rings. The number of benzene rings is 4. The molecule has 0 radical (unpaired) electrons. The molecule has 1 aliphatic rings. The van der Waals surface area contributed by atoms with Crippen molar-refractivity contribution in [2.75, 3.05) is 6.61 Å². The molecule has 0 bridgehead atoms. The second-order valence-corrected chi connectivity index (χ2v) is 9.55. The number of aryl methyl sites for hydroxylation is 2. The monoisotopic (exact) mass is 532 g/mol. The Kier molecular flexibility index (Phi) is 7.70. The molecule has 4 aromatic carbocycles. The van der Waals surface area contributed by atoms with Crippen molar-refractivity contribution < 1.29 is 23.7 Å². The summed E-state index contributed by atoms with van der Waals surface area (Å²) in [5.74, 6) is 0.982. The quantitative estimate of drug-likeness (QED) is 0.216. The van der Waals surface area contributed by atoms with Gasteiger partial charge < -0.3 is 24.7 Å². The average molecular weight is 533 g/mol. The van der Waals surface area contributed by atoms with E-state index < -0.39 is 11.9 Å². The molecule has 200 valence electrons. The predicted octanol–water partition coefficient (Wildman–Crippen LogP) is 6.09. The Labute approximate surface area is 233 Å². The van der Waals surface area contributed by atoms with Crippen molar-refractivity contribution in [1.29, 1.82) is 5.26 Å². The fourth-order valence-corrected chi connectivity index (χ4v) is 4.46. The molecule has 1 unspecified atom stereocenters. The first-order valence-corrected chi connectivity index (χ1v) is 12.8. The molecule has 7 nitrogen and oxygen atoms in total. The minimum atomic E-state index is -0.559. The van der Waals surface area contributed by atoms with Gasteiger partial charge in [0.15, 0.2) is 6.61 Å². The number of allylic oxidation sites excluding steroid dienone is 1. The minimum absolute atomic E-state index is 0.00551. The summed E-state index contributed by atoms with van der Waals surface area (Å²) in [6.07, 6.45) is 0. The normalized spacial score (nSPS) is 14.0. The zero-order valence-corrected chi connectivity index (χ0v) is 22.2. The van der Waals surface area contributed by atoms with E-state index in [1.54, 1.807) is 24.3 Å². The largest absolute Gasteiger partial charge is 0.489 e. The number of carbonyl (C=O) groups excluding carboxylic acids is 1. The van der Waals surface area contributed by atoms with Gasteiger partial charge in [0.05, 0.1) is 5.92 Å². The molecule has 0 amide bonds. The fourth-order valence-electron chi connectivity index (χ4n) is 4.46. The number of hydrogen-bond acceptors (Lipinski definition) is 7. The van der Waals surface area contributed by atoms with Gasteiger partial charge in [-0.25, -0.2) is 4.79 Å². The molecule has 1 heterocycles. The van der Waals surface area contributed by atoms with Gasteiger partial charge >= 0.3 is 5.97 Å². The number of rotatable bonds is 8. The molecule has 0 saturated heterocycles. The number of ether oxygens (including phenoxy) is 4. The maximum Gasteiger partial charge on any atom is 0.349 e. The van der Waals surface area contributed by atoms with Gasteiger partial charge in [0.1, 0.15) is 41.2 Å². The standard InChI is InChI=1S/C33H28N2O5/c1-21-6-8-23(9-7-21)19-37-25-12-10-24(11-13-25)32-28-15-14-27(17-30(28)40-33(35)29(32)18-34)39-31(36)20-38-26-5-3-4-22(2)16-26/h3-17,32H,19-20,35H2,1-2H3. The van der Waals surface area contributed by atoms with E-state index in [0.29, 0.717) is 29.4 Å². The maximum absolute atomic E-state index is 12.4. The lowest BCUT2D eigenvalue weighted by atomic mass is 9.83. The lowest BCUT2D eigenvalue weighted by Gasteiger charge is -2.26. The molecule has 7 heteroatoms. The summed E-state index contributed by atoms with van der Waals surface area (Å²) < 4.78 is 22.7. The molecule has 40 heavy (non-hydrogen) atoms. The number of nitrogens with zero attached hydrogens (tertiary/aromatic N) is 1. The Morgan fingerprint density at radius 3 is 2.35 bits per heavy atom. The molecule has 1 atom stereocenters. The molecular weight excluding hydrogens is 504 g/mol. The Morgan fingerprint density at radius 1 is 0.875 bits per heavy atom. The molecule has 1 aliphatic heterocycles. The Morgan fingerprint density at radius 2 is 1.62 bits per heavy atom. The lowest BCUT2D eigenvalue weighted by molar-refractivity contribution is -0.136. The van der Waals surface area contributed by atoms with E-state index in [1.807, 2.05) is 68.4 Å². The Hall–Kier alpha value is -5.22. The van der Waals surface area contributed by atoms with Crippen molar-refractivity contribution in [1.82, 2.24) is 0 Å². The van der Waals surface area contributed by atoms with E-state index in [4.69, 9.17) is 24.7 Å². The second-order valence-electron chi connectivity index (χ2n) is 9.55. The summed E-state index contributed by atoms with van der Waals surface area (Å²) in [6, 6.07) is 30.4. The molecular formula is C33H28N2O5. The summed E-state index contributed by atoms with van der Waals surface area (Å²) in [5, 5.41) is 9.87. The van der Waals surface area contributed by atoms with Crippen molar-refractivity contribution in [3.8, 4) is 29.1 Å². The van der Waals surface area contributed by atoms with Crippen LogP contribution < -0.4 is 24.7 Å². The van der Waals surface area contributed by atoms with Crippen molar-refractivity contribution in [2.45, 2.75) is 26.4 Å². The average Bonchev–Trinajstić information content (AvgIpc) is 2.95. The summed E-state index contributed by atoms with van der Waals surface area (Å²) in [5.41, 5.74) is 11.3. The highest BCUT2D eigenvalue weighted by atomic mass is 16.6. The zero-order chi connectivity index (χ0) is 28.1. The second kappa shape index (κ2) is 11.7. The molecule has 0 aromatic heterocycles. The fraction of sp³-hybridized carbons (Fsp3) is 0.152. The van der Waals surface area contributed by atoms with E-state index in [9.17, 15) is 10.1 Å². The van der Waals surface area contributed by atoms with Crippen LogP contribution in [0, 0.1) is 25.2 Å². The van der Waals surface area contributed by atoms with Gasteiger partial charge in [-0.1, -0.05) is 60.2 Å². The van der Waals surface area contributed by atoms with Crippen LogP contribution in [0.1, 0.15) is 33.7 Å². The first kappa shape index (κ1) is 26.4. The molecule has 5 rings (SSSR count). The van der Waals surface area contributed by atoms with Gasteiger partial charge in [0.25, 0.3) is 0 Å². The van der Waals surface area contributed by atoms with Gasteiger partial charge in [-0.15, -0.1) is 0 Å². The number of hydrogen-bond donors (Lipinski definition) is 1. The predicted molar refractivity (Wildman–Crippen MR) is 150 cm³/mol. The van der Waals surface area contributed by atoms with Gasteiger partial charge in [-0.2, -0.15) is 5.26 Å². The third-order valence-corrected chi connectivity index (χ3v) is 6.51. The van der Waals surface area contributed by atoms with Crippen molar-refractivity contribution in [3.63, 3.8) is 0 Å². The molecule has 0 saturated carbocycles. The topological polar surface area (TPSA) is 104 Å². The van der Waals surface area contributed by atoms with Crippen LogP contribution in [-0.2, 0) is 11.4 Å². The van der Waals surface area contributed by atoms with Gasteiger partial charge in [0.2, 0.25) is 5.88 Å². The smallest absolute Gasteiger partial charge is 0.349 e. The van der Waals surface area contributed by atoms with E-state index in [1.165, 1.54) is 5.56 Å². The number of nitriles is 1. The van der Waals surface area contributed by atoms with Crippen LogP contribution in [0.25, 0.3) is 0 Å². The number of carbonyl (C=O) groups is 1. The summed E-state index contributed by atoms with van der Waals surface area (Å²) in [4.78, 5) is 12.4. The number of esters is 1. The minimum Gasteiger partial charge on any atom is -0.489 e. The number of fused-ring (bicyclic) bond motifs is 1.